The molecule has 3 aromatic carbocycles. The van der Waals surface area contributed by atoms with E-state index in [4.69, 9.17) is 9.47 Å². The first-order chi connectivity index (χ1) is 24.6. The van der Waals surface area contributed by atoms with E-state index in [9.17, 15) is 30.7 Å². The Morgan fingerprint density at radius 1 is 0.642 bits per heavy atom. The van der Waals surface area contributed by atoms with Gasteiger partial charge in [-0.1, -0.05) is 73.7 Å². The maximum Gasteiger partial charge on any atom is 0.460 e. The third kappa shape index (κ3) is 6.26. The fourth-order valence-electron chi connectivity index (χ4n) is 8.88. The number of ether oxygens (including phenoxy) is 2. The molecule has 0 aliphatic heterocycles. The summed E-state index contributed by atoms with van der Waals surface area (Å²) < 4.78 is 201. The molecule has 2 saturated carbocycles. The van der Waals surface area contributed by atoms with E-state index in [1.54, 1.807) is 60.7 Å². The van der Waals surface area contributed by atoms with Gasteiger partial charge < -0.3 is 9.47 Å². The van der Waals surface area contributed by atoms with E-state index in [2.05, 4.69) is 0 Å². The summed E-state index contributed by atoms with van der Waals surface area (Å²) in [6.45, 7) is 1.51. The van der Waals surface area contributed by atoms with Crippen LogP contribution in [0.25, 0.3) is 0 Å². The molecule has 290 valence electrons. The van der Waals surface area contributed by atoms with Crippen molar-refractivity contribution in [2.24, 2.45) is 23.2 Å². The van der Waals surface area contributed by atoms with Gasteiger partial charge in [-0.05, 0) is 89.7 Å². The molecule has 3 aliphatic rings. The van der Waals surface area contributed by atoms with Gasteiger partial charge in [0.15, 0.2) is 0 Å². The van der Waals surface area contributed by atoms with Gasteiger partial charge in [-0.15, -0.1) is 0 Å². The number of rotatable bonds is 11. The second-order valence-corrected chi connectivity index (χ2v) is 14.6. The standard InChI is InChI=1S/C38H35F13O2/c1-32-19-29(33(39,40)34(41,42)35(43,44)36(45,46)37(47,48)38(49,50)51)31-26-15-13-25(52-20-22-8-4-2-5-9-22)18-24(26)12-14-27(31)28(32)16-17-30(32)53-21-23-10-6-3-7-11-23/h2-11,13,15,18,27-31H,12,14,16-17,19-21H2,1H3/t27-,28-,29+,30-,31+,32-/m0/s1. The van der Waals surface area contributed by atoms with Gasteiger partial charge in [0.25, 0.3) is 0 Å². The first-order valence-electron chi connectivity index (χ1n) is 17.0. The van der Waals surface area contributed by atoms with Crippen molar-refractivity contribution in [1.82, 2.24) is 0 Å². The summed E-state index contributed by atoms with van der Waals surface area (Å²) in [6.07, 6.45) is -8.50. The number of hydrogen-bond donors (Lipinski definition) is 0. The third-order valence-electron chi connectivity index (χ3n) is 11.6. The minimum atomic E-state index is -7.96. The highest BCUT2D eigenvalue weighted by Gasteiger charge is 2.91. The largest absolute Gasteiger partial charge is 0.489 e. The second kappa shape index (κ2) is 13.4. The van der Waals surface area contributed by atoms with E-state index in [1.807, 2.05) is 0 Å². The highest BCUT2D eigenvalue weighted by atomic mass is 19.4. The summed E-state index contributed by atoms with van der Waals surface area (Å²) in [5.74, 6) is -43.0. The van der Waals surface area contributed by atoms with Crippen LogP contribution >= 0.6 is 0 Å². The number of hydrogen-bond acceptors (Lipinski definition) is 2. The molecule has 6 rings (SSSR count). The molecule has 0 unspecified atom stereocenters. The van der Waals surface area contributed by atoms with Crippen molar-refractivity contribution < 1.29 is 66.5 Å². The first kappa shape index (κ1) is 39.2. The van der Waals surface area contributed by atoms with E-state index < -0.39 is 77.4 Å². The second-order valence-electron chi connectivity index (χ2n) is 14.6. The molecule has 0 heterocycles. The van der Waals surface area contributed by atoms with Crippen molar-refractivity contribution in [3.8, 4) is 5.75 Å². The molecule has 0 bridgehead atoms. The topological polar surface area (TPSA) is 18.5 Å². The summed E-state index contributed by atoms with van der Waals surface area (Å²) >= 11 is 0. The number of benzene rings is 3. The SMILES string of the molecule is C[C@]12C[C@@H](C(F)(F)C(F)(F)C(F)(F)C(F)(F)C(F)(F)C(F)(F)F)[C@@H]3c4ccc(OCc5ccccc5)cc4CC[C@H]3[C@@H]1CC[C@@H]2OCc1ccccc1. The Labute approximate surface area is 296 Å². The fraction of sp³-hybridized carbons (Fsp3) is 0.526. The highest BCUT2D eigenvalue weighted by Crippen LogP contribution is 2.69. The van der Waals surface area contributed by atoms with E-state index >= 15 is 26.3 Å². The number of aryl methyl sites for hydroxylation is 1. The summed E-state index contributed by atoms with van der Waals surface area (Å²) in [7, 11) is 0. The first-order valence-corrected chi connectivity index (χ1v) is 17.0. The van der Waals surface area contributed by atoms with Crippen LogP contribution < -0.4 is 4.74 Å². The highest BCUT2D eigenvalue weighted by molar-refractivity contribution is 5.42. The molecule has 15 heteroatoms. The normalized spacial score (nSPS) is 26.8. The molecule has 3 aromatic rings. The van der Waals surface area contributed by atoms with E-state index in [0.29, 0.717) is 17.5 Å². The smallest absolute Gasteiger partial charge is 0.460 e. The predicted octanol–water partition coefficient (Wildman–Crippen LogP) is 11.7. The molecule has 0 aromatic heterocycles. The van der Waals surface area contributed by atoms with Gasteiger partial charge in [0.2, 0.25) is 0 Å². The molecular weight excluding hydrogens is 735 g/mol. The fourth-order valence-corrected chi connectivity index (χ4v) is 8.88. The zero-order valence-electron chi connectivity index (χ0n) is 28.1. The van der Waals surface area contributed by atoms with Crippen LogP contribution in [0.2, 0.25) is 0 Å². The summed E-state index contributed by atoms with van der Waals surface area (Å²) in [4.78, 5) is 0. The van der Waals surface area contributed by atoms with Crippen LogP contribution in [0.15, 0.2) is 78.9 Å². The molecule has 0 spiro atoms. The molecule has 0 radical (unpaired) electrons. The van der Waals surface area contributed by atoms with Gasteiger partial charge in [0, 0.05) is 5.92 Å². The van der Waals surface area contributed by atoms with E-state index in [-0.39, 0.29) is 43.8 Å². The quantitative estimate of drug-likeness (QED) is 0.181. The molecular formula is C38H35F13O2. The lowest BCUT2D eigenvalue weighted by Gasteiger charge is -2.56. The molecule has 0 amide bonds. The Balaban J connectivity index is 1.41. The zero-order valence-corrected chi connectivity index (χ0v) is 28.1. The molecule has 2 nitrogen and oxygen atoms in total. The Hall–Kier alpha value is -3.49. The zero-order chi connectivity index (χ0) is 38.8. The van der Waals surface area contributed by atoms with Crippen molar-refractivity contribution in [1.29, 1.82) is 0 Å². The van der Waals surface area contributed by atoms with Crippen LogP contribution in [0.3, 0.4) is 0 Å². The van der Waals surface area contributed by atoms with E-state index in [0.717, 1.165) is 5.56 Å². The molecule has 3 aliphatic carbocycles. The van der Waals surface area contributed by atoms with Crippen LogP contribution in [0, 0.1) is 23.2 Å². The van der Waals surface area contributed by atoms with Gasteiger partial charge in [-0.2, -0.15) is 57.1 Å². The van der Waals surface area contributed by atoms with Crippen LogP contribution in [-0.4, -0.2) is 41.9 Å². The lowest BCUT2D eigenvalue weighted by Crippen LogP contribution is -2.72. The maximum absolute atomic E-state index is 16.5. The van der Waals surface area contributed by atoms with Crippen molar-refractivity contribution in [3.05, 3.63) is 101 Å². The molecule has 6 atom stereocenters. The van der Waals surface area contributed by atoms with Gasteiger partial charge in [-0.3, -0.25) is 0 Å². The molecule has 2 fully saturated rings. The van der Waals surface area contributed by atoms with Crippen molar-refractivity contribution in [3.63, 3.8) is 0 Å². The van der Waals surface area contributed by atoms with Crippen molar-refractivity contribution >= 4 is 0 Å². The van der Waals surface area contributed by atoms with Gasteiger partial charge in [-0.25, -0.2) is 0 Å². The van der Waals surface area contributed by atoms with Gasteiger partial charge in [0.1, 0.15) is 12.4 Å². The Bertz CT molecular complexity index is 1750. The maximum atomic E-state index is 16.5. The lowest BCUT2D eigenvalue weighted by atomic mass is 9.50. The van der Waals surface area contributed by atoms with Crippen LogP contribution in [-0.2, 0) is 24.4 Å². The molecule has 0 N–H and O–H groups in total. The van der Waals surface area contributed by atoms with Crippen LogP contribution in [0.1, 0.15) is 60.8 Å². The number of halogens is 13. The Kier molecular flexibility index (Phi) is 9.89. The average molecular weight is 771 g/mol. The molecule has 53 heavy (non-hydrogen) atoms. The Morgan fingerprint density at radius 3 is 1.79 bits per heavy atom. The van der Waals surface area contributed by atoms with Crippen LogP contribution in [0.4, 0.5) is 57.1 Å². The van der Waals surface area contributed by atoms with E-state index in [1.165, 1.54) is 25.1 Å². The van der Waals surface area contributed by atoms with Crippen LogP contribution in [0.5, 0.6) is 5.75 Å². The van der Waals surface area contributed by atoms with Gasteiger partial charge >= 0.3 is 35.8 Å². The Morgan fingerprint density at radius 2 is 1.21 bits per heavy atom. The van der Waals surface area contributed by atoms with Gasteiger partial charge in [0.05, 0.1) is 12.7 Å². The summed E-state index contributed by atoms with van der Waals surface area (Å²) in [5.41, 5.74) is 0.383. The minimum Gasteiger partial charge on any atom is -0.489 e. The lowest BCUT2D eigenvalue weighted by molar-refractivity contribution is -0.444. The molecule has 0 saturated heterocycles. The monoisotopic (exact) mass is 770 g/mol. The minimum absolute atomic E-state index is 0.0280. The van der Waals surface area contributed by atoms with Crippen molar-refractivity contribution in [2.45, 2.75) is 100 Å². The van der Waals surface area contributed by atoms with Crippen molar-refractivity contribution in [2.75, 3.05) is 0 Å². The summed E-state index contributed by atoms with van der Waals surface area (Å²) in [6, 6.07) is 21.6. The predicted molar refractivity (Wildman–Crippen MR) is 167 cm³/mol. The third-order valence-corrected chi connectivity index (χ3v) is 11.6. The number of alkyl halides is 13. The average Bonchev–Trinajstić information content (AvgIpc) is 3.44. The number of fused-ring (bicyclic) bond motifs is 5. The summed E-state index contributed by atoms with van der Waals surface area (Å²) in [5, 5.41) is 0.